The van der Waals surface area contributed by atoms with E-state index in [-0.39, 0.29) is 13.2 Å². The van der Waals surface area contributed by atoms with Gasteiger partial charge >= 0.3 is 12.1 Å². The van der Waals surface area contributed by atoms with Crippen LogP contribution < -0.4 is 10.1 Å². The van der Waals surface area contributed by atoms with Gasteiger partial charge < -0.3 is 19.7 Å². The molecule has 0 saturated carbocycles. The second-order valence-corrected chi connectivity index (χ2v) is 8.02. The highest BCUT2D eigenvalue weighted by atomic mass is 16.6. The number of nitrogens with one attached hydrogen (secondary N) is 1. The van der Waals surface area contributed by atoms with Crippen LogP contribution in [0.1, 0.15) is 48.7 Å². The predicted octanol–water partition coefficient (Wildman–Crippen LogP) is 4.11. The van der Waals surface area contributed by atoms with Gasteiger partial charge in [0.2, 0.25) is 0 Å². The highest BCUT2D eigenvalue weighted by Gasteiger charge is 2.34. The first kappa shape index (κ1) is 25.6. The van der Waals surface area contributed by atoms with Crippen molar-refractivity contribution in [1.29, 1.82) is 0 Å². The topological polar surface area (TPSA) is 122 Å². The summed E-state index contributed by atoms with van der Waals surface area (Å²) in [5.74, 6) is -1.12. The van der Waals surface area contributed by atoms with Crippen LogP contribution in [0.2, 0.25) is 0 Å². The molecule has 2 aromatic rings. The first-order chi connectivity index (χ1) is 15.7. The molecule has 0 aliphatic rings. The third-order valence-corrected chi connectivity index (χ3v) is 4.92. The lowest BCUT2D eigenvalue weighted by Gasteiger charge is -2.34. The standard InChI is InChI=1S/C25H29NO7/c1-25(2,14-7-6-13-21(28)29)22(19-11-8-12-20(17-19)32-16-15-27)33-24(31)26-23(30)18-9-4-3-5-10-18/h3-6,8-13,17,22,27H,7,14-16H2,1-2H3,(H,28,29)(H,26,30,31)/b13-6+/t22-/m1/s1. The number of carbonyl (C=O) groups is 3. The Kier molecular flexibility index (Phi) is 9.62. The molecule has 0 unspecified atom stereocenters. The normalized spacial score (nSPS) is 12.2. The molecular formula is C25H29NO7. The van der Waals surface area contributed by atoms with Gasteiger partial charge in [0.1, 0.15) is 18.5 Å². The number of carbonyl (C=O) groups excluding carboxylic acids is 2. The molecule has 0 aromatic heterocycles. The monoisotopic (exact) mass is 455 g/mol. The molecule has 8 heteroatoms. The summed E-state index contributed by atoms with van der Waals surface area (Å²) in [5, 5.41) is 20.1. The summed E-state index contributed by atoms with van der Waals surface area (Å²) in [5.41, 5.74) is 0.342. The number of alkyl carbamates (subject to hydrolysis) is 1. The summed E-state index contributed by atoms with van der Waals surface area (Å²) < 4.78 is 11.2. The third-order valence-electron chi connectivity index (χ3n) is 4.92. The fraction of sp³-hybridized carbons (Fsp3) is 0.320. The smallest absolute Gasteiger partial charge is 0.414 e. The largest absolute Gasteiger partial charge is 0.491 e. The molecule has 0 bridgehead atoms. The Labute approximate surface area is 192 Å². The molecule has 2 amide bonds. The van der Waals surface area contributed by atoms with Crippen LogP contribution >= 0.6 is 0 Å². The van der Waals surface area contributed by atoms with E-state index in [1.807, 2.05) is 13.8 Å². The van der Waals surface area contributed by atoms with Crippen molar-refractivity contribution in [3.05, 3.63) is 77.9 Å². The van der Waals surface area contributed by atoms with Crippen LogP contribution in [-0.2, 0) is 9.53 Å². The zero-order valence-electron chi connectivity index (χ0n) is 18.7. The number of ether oxygens (including phenoxy) is 2. The van der Waals surface area contributed by atoms with Crippen molar-refractivity contribution in [2.45, 2.75) is 32.8 Å². The van der Waals surface area contributed by atoms with Gasteiger partial charge in [0, 0.05) is 17.1 Å². The quantitative estimate of drug-likeness (QED) is 0.436. The number of hydrogen-bond acceptors (Lipinski definition) is 6. The van der Waals surface area contributed by atoms with Crippen LogP contribution in [0.5, 0.6) is 5.75 Å². The number of aliphatic hydroxyl groups is 1. The molecule has 0 radical (unpaired) electrons. The molecule has 8 nitrogen and oxygen atoms in total. The van der Waals surface area contributed by atoms with E-state index in [2.05, 4.69) is 5.32 Å². The number of amides is 2. The molecule has 0 saturated heterocycles. The van der Waals surface area contributed by atoms with Crippen LogP contribution in [0.15, 0.2) is 66.7 Å². The Balaban J connectivity index is 2.23. The highest BCUT2D eigenvalue weighted by Crippen LogP contribution is 2.41. The van der Waals surface area contributed by atoms with E-state index >= 15 is 0 Å². The summed E-state index contributed by atoms with van der Waals surface area (Å²) in [6.45, 7) is 3.75. The molecule has 3 N–H and O–H groups in total. The molecule has 33 heavy (non-hydrogen) atoms. The van der Waals surface area contributed by atoms with Crippen molar-refractivity contribution in [1.82, 2.24) is 5.32 Å². The Bertz CT molecular complexity index is 970. The van der Waals surface area contributed by atoms with Crippen molar-refractivity contribution in [2.75, 3.05) is 13.2 Å². The minimum atomic E-state index is -1.03. The van der Waals surface area contributed by atoms with Crippen molar-refractivity contribution < 1.29 is 34.1 Å². The van der Waals surface area contributed by atoms with E-state index in [0.29, 0.717) is 29.7 Å². The van der Waals surface area contributed by atoms with Crippen LogP contribution in [0.4, 0.5) is 4.79 Å². The number of carboxylic acid groups (broad SMARTS) is 1. The maximum Gasteiger partial charge on any atom is 0.414 e. The van der Waals surface area contributed by atoms with Gasteiger partial charge in [-0.3, -0.25) is 10.1 Å². The van der Waals surface area contributed by atoms with E-state index in [0.717, 1.165) is 6.08 Å². The van der Waals surface area contributed by atoms with Gasteiger partial charge in [-0.1, -0.05) is 50.3 Å². The summed E-state index contributed by atoms with van der Waals surface area (Å²) in [4.78, 5) is 35.7. The maximum absolute atomic E-state index is 12.6. The van der Waals surface area contributed by atoms with Crippen molar-refractivity contribution in [3.8, 4) is 5.75 Å². The van der Waals surface area contributed by atoms with Gasteiger partial charge in [-0.2, -0.15) is 0 Å². The molecule has 0 spiro atoms. The van der Waals surface area contributed by atoms with E-state index in [1.54, 1.807) is 60.7 Å². The first-order valence-corrected chi connectivity index (χ1v) is 10.5. The van der Waals surface area contributed by atoms with Crippen LogP contribution in [0.3, 0.4) is 0 Å². The molecule has 0 heterocycles. The zero-order chi connectivity index (χ0) is 24.3. The number of rotatable bonds is 11. The van der Waals surface area contributed by atoms with Gasteiger partial charge in [0.25, 0.3) is 5.91 Å². The van der Waals surface area contributed by atoms with E-state index in [1.165, 1.54) is 0 Å². The second kappa shape index (κ2) is 12.4. The highest BCUT2D eigenvalue weighted by molar-refractivity contribution is 6.02. The van der Waals surface area contributed by atoms with E-state index in [4.69, 9.17) is 19.7 Å². The average Bonchev–Trinajstić information content (AvgIpc) is 2.79. The summed E-state index contributed by atoms with van der Waals surface area (Å²) in [6.07, 6.45) is 1.90. The van der Waals surface area contributed by atoms with E-state index < -0.39 is 29.5 Å². The third kappa shape index (κ3) is 8.42. The average molecular weight is 456 g/mol. The van der Waals surface area contributed by atoms with Gasteiger partial charge in [-0.05, 0) is 42.7 Å². The van der Waals surface area contributed by atoms with Crippen LogP contribution in [0.25, 0.3) is 0 Å². The van der Waals surface area contributed by atoms with Gasteiger partial charge in [0.15, 0.2) is 0 Å². The Morgan fingerprint density at radius 3 is 2.48 bits per heavy atom. The number of allylic oxidation sites excluding steroid dienone is 1. The lowest BCUT2D eigenvalue weighted by Crippen LogP contribution is -2.35. The Morgan fingerprint density at radius 1 is 1.09 bits per heavy atom. The zero-order valence-corrected chi connectivity index (χ0v) is 18.7. The second-order valence-electron chi connectivity index (χ2n) is 8.02. The molecule has 1 atom stereocenters. The lowest BCUT2D eigenvalue weighted by molar-refractivity contribution is -0.131. The SMILES string of the molecule is CC(C)(CC/C=C/C(=O)O)[C@H](OC(=O)NC(=O)c1ccccc1)c1cccc(OCCO)c1. The summed E-state index contributed by atoms with van der Waals surface area (Å²) >= 11 is 0. The van der Waals surface area contributed by atoms with Crippen LogP contribution in [-0.4, -0.2) is 41.4 Å². The minimum Gasteiger partial charge on any atom is -0.491 e. The molecule has 0 aliphatic carbocycles. The fourth-order valence-electron chi connectivity index (χ4n) is 3.27. The molecule has 0 fully saturated rings. The Morgan fingerprint density at radius 2 is 1.82 bits per heavy atom. The molecule has 2 rings (SSSR count). The minimum absolute atomic E-state index is 0.115. The van der Waals surface area contributed by atoms with Gasteiger partial charge in [-0.25, -0.2) is 9.59 Å². The first-order valence-electron chi connectivity index (χ1n) is 10.5. The molecule has 0 aliphatic heterocycles. The van der Waals surface area contributed by atoms with E-state index in [9.17, 15) is 14.4 Å². The number of benzene rings is 2. The van der Waals surface area contributed by atoms with Crippen molar-refractivity contribution in [2.24, 2.45) is 5.41 Å². The van der Waals surface area contributed by atoms with Crippen molar-refractivity contribution in [3.63, 3.8) is 0 Å². The fourth-order valence-corrected chi connectivity index (χ4v) is 3.27. The number of carboxylic acids is 1. The maximum atomic E-state index is 12.6. The number of aliphatic carboxylic acids is 1. The van der Waals surface area contributed by atoms with Crippen LogP contribution in [0, 0.1) is 5.41 Å². The van der Waals surface area contributed by atoms with Gasteiger partial charge in [-0.15, -0.1) is 0 Å². The number of aliphatic hydroxyl groups excluding tert-OH is 1. The number of hydrogen-bond donors (Lipinski definition) is 3. The molecular weight excluding hydrogens is 426 g/mol. The van der Waals surface area contributed by atoms with Gasteiger partial charge in [0.05, 0.1) is 6.61 Å². The Hall–Kier alpha value is -3.65. The van der Waals surface area contributed by atoms with Crippen molar-refractivity contribution >= 4 is 18.0 Å². The molecule has 176 valence electrons. The lowest BCUT2D eigenvalue weighted by atomic mass is 9.78. The predicted molar refractivity (Wildman–Crippen MR) is 122 cm³/mol. The molecule has 2 aromatic carbocycles. The summed E-state index contributed by atoms with van der Waals surface area (Å²) in [7, 11) is 0. The summed E-state index contributed by atoms with van der Waals surface area (Å²) in [6, 6.07) is 15.3. The number of imide groups is 1.